The molecule has 6 nitrogen and oxygen atoms in total. The molecule has 1 aliphatic rings. The first kappa shape index (κ1) is 20.7. The second-order valence-corrected chi connectivity index (χ2v) is 8.07. The van der Waals surface area contributed by atoms with Crippen molar-refractivity contribution < 1.29 is 19.1 Å². The lowest BCUT2D eigenvalue weighted by molar-refractivity contribution is -0.184. The van der Waals surface area contributed by atoms with Gasteiger partial charge in [-0.05, 0) is 63.4 Å². The predicted octanol–water partition coefficient (Wildman–Crippen LogP) is 4.12. The van der Waals surface area contributed by atoms with E-state index in [1.54, 1.807) is 58.0 Å². The fraction of sp³-hybridized carbons (Fsp3) is 0.391. The number of aryl methyl sites for hydroxylation is 1. The molecule has 0 aliphatic carbocycles. The lowest BCUT2D eigenvalue weighted by Gasteiger charge is -2.43. The molecular formula is C23H24N2O4. The van der Waals surface area contributed by atoms with Crippen LogP contribution in [0.15, 0.2) is 36.4 Å². The number of aromatic nitrogens is 1. The number of nitrogens with zero attached hydrogens (tertiary/aromatic N) is 2. The zero-order valence-electron chi connectivity index (χ0n) is 17.3. The fourth-order valence-corrected chi connectivity index (χ4v) is 3.72. The molecule has 0 saturated carbocycles. The Labute approximate surface area is 170 Å². The minimum Gasteiger partial charge on any atom is -0.439 e. The average Bonchev–Trinajstić information content (AvgIpc) is 2.66. The van der Waals surface area contributed by atoms with Crippen molar-refractivity contribution in [2.45, 2.75) is 58.2 Å². The average molecular weight is 392 g/mol. The summed E-state index contributed by atoms with van der Waals surface area (Å²) in [4.78, 5) is 30.4. The molecule has 1 aliphatic heterocycles. The Morgan fingerprint density at radius 2 is 1.76 bits per heavy atom. The summed E-state index contributed by atoms with van der Waals surface area (Å²) in [5.41, 5.74) is -0.387. The van der Waals surface area contributed by atoms with Crippen LogP contribution < -0.4 is 4.74 Å². The van der Waals surface area contributed by atoms with Gasteiger partial charge in [-0.15, -0.1) is 0 Å². The van der Waals surface area contributed by atoms with E-state index >= 15 is 0 Å². The third-order valence-electron chi connectivity index (χ3n) is 5.09. The van der Waals surface area contributed by atoms with E-state index in [2.05, 4.69) is 4.98 Å². The summed E-state index contributed by atoms with van der Waals surface area (Å²) < 4.78 is 11.6. The van der Waals surface area contributed by atoms with Gasteiger partial charge in [0.25, 0.3) is 0 Å². The Morgan fingerprint density at radius 3 is 2.34 bits per heavy atom. The molecule has 1 fully saturated rings. The molecule has 0 unspecified atom stereocenters. The fourth-order valence-electron chi connectivity index (χ4n) is 3.72. The molecular weight excluding hydrogens is 368 g/mol. The molecule has 0 spiro atoms. The highest BCUT2D eigenvalue weighted by molar-refractivity contribution is 6.15. The minimum absolute atomic E-state index is 0.242. The topological polar surface area (TPSA) is 89.3 Å². The summed E-state index contributed by atoms with van der Waals surface area (Å²) in [5, 5.41) is 9.01. The van der Waals surface area contributed by atoms with E-state index in [0.29, 0.717) is 17.7 Å². The van der Waals surface area contributed by atoms with E-state index in [9.17, 15) is 9.59 Å². The summed E-state index contributed by atoms with van der Waals surface area (Å²) >= 11 is 0. The monoisotopic (exact) mass is 392 g/mol. The third-order valence-corrected chi connectivity index (χ3v) is 5.09. The van der Waals surface area contributed by atoms with E-state index in [-0.39, 0.29) is 23.1 Å². The minimum atomic E-state index is -1.08. The summed E-state index contributed by atoms with van der Waals surface area (Å²) in [6.45, 7) is 8.75. The zero-order valence-corrected chi connectivity index (χ0v) is 17.3. The number of carbonyl (C=O) groups excluding carboxylic acids is 2. The molecule has 29 heavy (non-hydrogen) atoms. The van der Waals surface area contributed by atoms with Crippen molar-refractivity contribution >= 4 is 11.6 Å². The van der Waals surface area contributed by atoms with Gasteiger partial charge >= 0.3 is 0 Å². The van der Waals surface area contributed by atoms with Crippen molar-refractivity contribution in [3.8, 4) is 17.7 Å². The van der Waals surface area contributed by atoms with Crippen molar-refractivity contribution in [2.75, 3.05) is 0 Å². The van der Waals surface area contributed by atoms with Gasteiger partial charge in [0.2, 0.25) is 5.88 Å². The van der Waals surface area contributed by atoms with Crippen LogP contribution in [0.2, 0.25) is 0 Å². The standard InChI is InChI=1S/C23H24N2O4/c1-6-14-10-11-16(28-18-9-7-8-15(13-24)25-18)12-17(14)19-20(26)22(2,3)29-23(4,5)21(19)27/h7-12,19H,6H2,1-5H3. The molecule has 6 heteroatoms. The zero-order chi connectivity index (χ0) is 21.4. The summed E-state index contributed by atoms with van der Waals surface area (Å²) in [6.07, 6.45) is 0.663. The van der Waals surface area contributed by atoms with E-state index in [1.807, 2.05) is 19.1 Å². The van der Waals surface area contributed by atoms with Crippen LogP contribution in [0.4, 0.5) is 0 Å². The van der Waals surface area contributed by atoms with Crippen molar-refractivity contribution in [3.05, 3.63) is 53.2 Å². The quantitative estimate of drug-likeness (QED) is 0.727. The van der Waals surface area contributed by atoms with Crippen LogP contribution in [0.3, 0.4) is 0 Å². The number of Topliss-reactive ketones (excluding diaryl/α,β-unsaturated/α-hetero) is 2. The van der Waals surface area contributed by atoms with Crippen molar-refractivity contribution in [3.63, 3.8) is 0 Å². The molecule has 150 valence electrons. The summed E-state index contributed by atoms with van der Waals surface area (Å²) in [5.74, 6) is -0.741. The van der Waals surface area contributed by atoms with E-state index in [1.165, 1.54) is 0 Å². The summed E-state index contributed by atoms with van der Waals surface area (Å²) in [7, 11) is 0. The Kier molecular flexibility index (Phi) is 5.29. The molecule has 0 amide bonds. The van der Waals surface area contributed by atoms with Crippen LogP contribution in [-0.4, -0.2) is 27.8 Å². The van der Waals surface area contributed by atoms with Gasteiger partial charge in [-0.2, -0.15) is 5.26 Å². The number of ketones is 2. The van der Waals surface area contributed by atoms with Crippen LogP contribution >= 0.6 is 0 Å². The predicted molar refractivity (Wildman–Crippen MR) is 107 cm³/mol. The Balaban J connectivity index is 2.06. The van der Waals surface area contributed by atoms with Gasteiger partial charge in [0.05, 0.1) is 0 Å². The lowest BCUT2D eigenvalue weighted by atomic mass is 9.73. The SMILES string of the molecule is CCc1ccc(Oc2cccc(C#N)n2)cc1C1C(=O)C(C)(C)OC(C)(C)C1=O. The highest BCUT2D eigenvalue weighted by Crippen LogP contribution is 2.40. The number of nitriles is 1. The van der Waals surface area contributed by atoms with Gasteiger partial charge in [0, 0.05) is 6.07 Å². The van der Waals surface area contributed by atoms with Crippen molar-refractivity contribution in [1.29, 1.82) is 5.26 Å². The molecule has 1 aromatic carbocycles. The lowest BCUT2D eigenvalue weighted by Crippen LogP contribution is -2.58. The van der Waals surface area contributed by atoms with Crippen LogP contribution in [-0.2, 0) is 20.7 Å². The Hall–Kier alpha value is -3.04. The number of hydrogen-bond acceptors (Lipinski definition) is 6. The number of carbonyl (C=O) groups is 2. The molecule has 1 saturated heterocycles. The van der Waals surface area contributed by atoms with Crippen LogP contribution in [0.5, 0.6) is 11.6 Å². The van der Waals surface area contributed by atoms with Gasteiger partial charge in [0.15, 0.2) is 11.6 Å². The maximum atomic E-state index is 13.1. The van der Waals surface area contributed by atoms with E-state index in [4.69, 9.17) is 14.7 Å². The number of rotatable bonds is 4. The van der Waals surface area contributed by atoms with Gasteiger partial charge in [0.1, 0.15) is 34.6 Å². The van der Waals surface area contributed by atoms with Gasteiger partial charge in [-0.25, -0.2) is 4.98 Å². The van der Waals surface area contributed by atoms with E-state index < -0.39 is 17.1 Å². The molecule has 0 N–H and O–H groups in total. The Bertz CT molecular complexity index is 992. The van der Waals surface area contributed by atoms with Gasteiger partial charge in [-0.3, -0.25) is 9.59 Å². The number of hydrogen-bond donors (Lipinski definition) is 0. The largest absolute Gasteiger partial charge is 0.439 e. The smallest absolute Gasteiger partial charge is 0.220 e. The number of ether oxygens (including phenoxy) is 2. The molecule has 3 rings (SSSR count). The molecule has 1 aromatic heterocycles. The maximum absolute atomic E-state index is 13.1. The molecule has 2 heterocycles. The molecule has 2 aromatic rings. The third kappa shape index (κ3) is 3.92. The van der Waals surface area contributed by atoms with Crippen LogP contribution in [0, 0.1) is 11.3 Å². The highest BCUT2D eigenvalue weighted by atomic mass is 16.5. The Morgan fingerprint density at radius 1 is 1.10 bits per heavy atom. The normalized spacial score (nSPS) is 18.3. The van der Waals surface area contributed by atoms with E-state index in [0.717, 1.165) is 5.56 Å². The second kappa shape index (κ2) is 7.41. The first-order valence-electron chi connectivity index (χ1n) is 9.55. The van der Waals surface area contributed by atoms with Crippen molar-refractivity contribution in [2.24, 2.45) is 0 Å². The van der Waals surface area contributed by atoms with Crippen LogP contribution in [0.1, 0.15) is 57.4 Å². The number of pyridine rings is 1. The van der Waals surface area contributed by atoms with Gasteiger partial charge < -0.3 is 9.47 Å². The van der Waals surface area contributed by atoms with Gasteiger partial charge in [-0.1, -0.05) is 19.1 Å². The first-order chi connectivity index (χ1) is 13.6. The number of benzene rings is 1. The molecule has 0 atom stereocenters. The second-order valence-electron chi connectivity index (χ2n) is 8.07. The van der Waals surface area contributed by atoms with Crippen molar-refractivity contribution in [1.82, 2.24) is 4.98 Å². The molecule has 0 bridgehead atoms. The maximum Gasteiger partial charge on any atom is 0.220 e. The first-order valence-corrected chi connectivity index (χ1v) is 9.55. The highest BCUT2D eigenvalue weighted by Gasteiger charge is 2.53. The van der Waals surface area contributed by atoms with Crippen LogP contribution in [0.25, 0.3) is 0 Å². The molecule has 0 radical (unpaired) electrons. The summed E-state index contributed by atoms with van der Waals surface area (Å²) in [6, 6.07) is 12.2.